The molecule has 0 saturated heterocycles. The van der Waals surface area contributed by atoms with E-state index in [0.717, 1.165) is 30.6 Å². The topological polar surface area (TPSA) is 0 Å². The third-order valence-electron chi connectivity index (χ3n) is 7.45. The first kappa shape index (κ1) is 22.9. The van der Waals surface area contributed by atoms with Crippen molar-refractivity contribution in [2.24, 2.45) is 23.7 Å². The van der Waals surface area contributed by atoms with Crippen LogP contribution in [0.3, 0.4) is 0 Å². The van der Waals surface area contributed by atoms with Crippen molar-refractivity contribution in [3.63, 3.8) is 0 Å². The molecule has 2 aliphatic carbocycles. The molecule has 0 spiro atoms. The fraction of sp³-hybridized carbons (Fsp3) is 0.920. The Bertz CT molecular complexity index is 383. The van der Waals surface area contributed by atoms with Crippen molar-refractivity contribution in [3.05, 3.63) is 12.2 Å². The summed E-state index contributed by atoms with van der Waals surface area (Å²) in [6.07, 6.45) is 24.1. The minimum absolute atomic E-state index is 0.147. The Labute approximate surface area is 167 Å². The highest BCUT2D eigenvalue weighted by molar-refractivity contribution is 4.92. The van der Waals surface area contributed by atoms with Crippen LogP contribution in [0.1, 0.15) is 122 Å². The lowest BCUT2D eigenvalue weighted by Gasteiger charge is -2.37. The molecular formula is C25H44F2. The van der Waals surface area contributed by atoms with E-state index >= 15 is 0 Å². The van der Waals surface area contributed by atoms with Crippen LogP contribution in [0.2, 0.25) is 0 Å². The zero-order chi connectivity index (χ0) is 19.3. The molecule has 0 heterocycles. The maximum absolute atomic E-state index is 12.4. The highest BCUT2D eigenvalue weighted by atomic mass is 19.3. The monoisotopic (exact) mass is 382 g/mol. The van der Waals surface area contributed by atoms with Gasteiger partial charge < -0.3 is 0 Å². The van der Waals surface area contributed by atoms with E-state index in [2.05, 4.69) is 6.92 Å². The molecule has 0 bridgehead atoms. The van der Waals surface area contributed by atoms with E-state index in [1.54, 1.807) is 0 Å². The average Bonchev–Trinajstić information content (AvgIpc) is 2.67. The normalized spacial score (nSPS) is 28.9. The smallest absolute Gasteiger partial charge is 0.174 e. The fourth-order valence-electron chi connectivity index (χ4n) is 5.65. The van der Waals surface area contributed by atoms with Gasteiger partial charge in [-0.3, -0.25) is 0 Å². The third kappa shape index (κ3) is 9.57. The second-order valence-electron chi connectivity index (χ2n) is 9.53. The summed E-state index contributed by atoms with van der Waals surface area (Å²) in [5, 5.41) is 0. The van der Waals surface area contributed by atoms with Gasteiger partial charge in [-0.2, -0.15) is 8.78 Å². The van der Waals surface area contributed by atoms with Crippen molar-refractivity contribution < 1.29 is 8.78 Å². The molecule has 0 aromatic rings. The number of hydrogen-bond donors (Lipinski definition) is 0. The molecule has 0 N–H and O–H groups in total. The number of unbranched alkanes of at least 4 members (excludes halogenated alkanes) is 8. The second-order valence-corrected chi connectivity index (χ2v) is 9.53. The molecule has 0 aromatic carbocycles. The molecule has 0 aliphatic heterocycles. The van der Waals surface area contributed by atoms with Gasteiger partial charge in [0.25, 0.3) is 6.08 Å². The van der Waals surface area contributed by atoms with E-state index in [0.29, 0.717) is 0 Å². The van der Waals surface area contributed by atoms with Crippen LogP contribution in [0, 0.1) is 23.7 Å². The van der Waals surface area contributed by atoms with Crippen molar-refractivity contribution in [2.75, 3.05) is 0 Å². The first-order valence-electron chi connectivity index (χ1n) is 12.2. The van der Waals surface area contributed by atoms with Crippen LogP contribution in [0.4, 0.5) is 8.78 Å². The van der Waals surface area contributed by atoms with Gasteiger partial charge in [-0.05, 0) is 68.3 Å². The van der Waals surface area contributed by atoms with Crippen LogP contribution in [-0.2, 0) is 0 Å². The van der Waals surface area contributed by atoms with Gasteiger partial charge in [-0.25, -0.2) is 0 Å². The maximum Gasteiger partial charge on any atom is 0.266 e. The van der Waals surface area contributed by atoms with Gasteiger partial charge in [0.15, 0.2) is 0 Å². The summed E-state index contributed by atoms with van der Waals surface area (Å²) in [6, 6.07) is 0. The quantitative estimate of drug-likeness (QED) is 0.295. The zero-order valence-corrected chi connectivity index (χ0v) is 17.9. The molecule has 0 nitrogen and oxygen atoms in total. The van der Waals surface area contributed by atoms with Crippen LogP contribution in [0.15, 0.2) is 12.2 Å². The molecule has 2 heteroatoms. The standard InChI is InChI=1S/C25H44F2/c1-2-3-4-5-6-7-8-9-10-11-21-12-16-23(17-13-21)24-18-14-22(15-19-24)20-25(26)27/h20-24H,2-19H2,1H3. The van der Waals surface area contributed by atoms with E-state index in [-0.39, 0.29) is 5.92 Å². The summed E-state index contributed by atoms with van der Waals surface area (Å²) < 4.78 is 24.8. The van der Waals surface area contributed by atoms with E-state index in [4.69, 9.17) is 0 Å². The molecule has 2 rings (SSSR count). The summed E-state index contributed by atoms with van der Waals surface area (Å²) in [7, 11) is 0. The second kappa shape index (κ2) is 13.7. The Morgan fingerprint density at radius 1 is 0.667 bits per heavy atom. The Balaban J connectivity index is 1.47. The largest absolute Gasteiger partial charge is 0.266 e. The SMILES string of the molecule is CCCCCCCCCCCC1CCC(C2CCC(C=C(F)F)CC2)CC1. The minimum Gasteiger partial charge on any atom is -0.174 e. The molecule has 0 aromatic heterocycles. The number of allylic oxidation sites excluding steroid dienone is 1. The first-order chi connectivity index (χ1) is 13.2. The maximum atomic E-state index is 12.4. The Morgan fingerprint density at radius 2 is 1.15 bits per heavy atom. The van der Waals surface area contributed by atoms with Gasteiger partial charge in [0.1, 0.15) is 0 Å². The van der Waals surface area contributed by atoms with Gasteiger partial charge in [0, 0.05) is 0 Å². The molecule has 2 fully saturated rings. The molecule has 0 unspecified atom stereocenters. The number of rotatable bonds is 12. The third-order valence-corrected chi connectivity index (χ3v) is 7.45. The molecule has 158 valence electrons. The molecule has 0 atom stereocenters. The summed E-state index contributed by atoms with van der Waals surface area (Å²) in [4.78, 5) is 0. The summed E-state index contributed by atoms with van der Waals surface area (Å²) >= 11 is 0. The van der Waals surface area contributed by atoms with Crippen molar-refractivity contribution in [1.82, 2.24) is 0 Å². The van der Waals surface area contributed by atoms with Crippen molar-refractivity contribution in [2.45, 2.75) is 122 Å². The lowest BCUT2D eigenvalue weighted by atomic mass is 9.68. The van der Waals surface area contributed by atoms with E-state index in [1.165, 1.54) is 109 Å². The van der Waals surface area contributed by atoms with Crippen LogP contribution >= 0.6 is 0 Å². The first-order valence-corrected chi connectivity index (χ1v) is 12.2. The minimum atomic E-state index is -1.48. The van der Waals surface area contributed by atoms with Gasteiger partial charge in [0.2, 0.25) is 0 Å². The fourth-order valence-corrected chi connectivity index (χ4v) is 5.65. The van der Waals surface area contributed by atoms with Crippen molar-refractivity contribution in [3.8, 4) is 0 Å². The molecule has 27 heavy (non-hydrogen) atoms. The predicted octanol–water partition coefficient (Wildman–Crippen LogP) is 9.30. The summed E-state index contributed by atoms with van der Waals surface area (Å²) in [6.45, 7) is 2.28. The van der Waals surface area contributed by atoms with Crippen molar-refractivity contribution in [1.29, 1.82) is 0 Å². The van der Waals surface area contributed by atoms with E-state index in [1.807, 2.05) is 0 Å². The van der Waals surface area contributed by atoms with Gasteiger partial charge >= 0.3 is 0 Å². The average molecular weight is 383 g/mol. The molecule has 2 aliphatic rings. The highest BCUT2D eigenvalue weighted by Gasteiger charge is 2.30. The molecule has 2 saturated carbocycles. The molecule has 0 radical (unpaired) electrons. The number of halogens is 2. The van der Waals surface area contributed by atoms with Gasteiger partial charge in [0.05, 0.1) is 0 Å². The Hall–Kier alpha value is -0.400. The highest BCUT2D eigenvalue weighted by Crippen LogP contribution is 2.42. The predicted molar refractivity (Wildman–Crippen MR) is 113 cm³/mol. The zero-order valence-electron chi connectivity index (χ0n) is 17.9. The van der Waals surface area contributed by atoms with E-state index < -0.39 is 6.08 Å². The van der Waals surface area contributed by atoms with Crippen LogP contribution in [-0.4, -0.2) is 0 Å². The molecule has 0 amide bonds. The van der Waals surface area contributed by atoms with Crippen LogP contribution in [0.5, 0.6) is 0 Å². The van der Waals surface area contributed by atoms with Crippen LogP contribution in [0.25, 0.3) is 0 Å². The van der Waals surface area contributed by atoms with Crippen molar-refractivity contribution >= 4 is 0 Å². The Kier molecular flexibility index (Phi) is 11.6. The van der Waals surface area contributed by atoms with E-state index in [9.17, 15) is 8.78 Å². The summed E-state index contributed by atoms with van der Waals surface area (Å²) in [5.41, 5.74) is 0. The van der Waals surface area contributed by atoms with Gasteiger partial charge in [-0.1, -0.05) is 84.0 Å². The molecular weight excluding hydrogens is 338 g/mol. The summed E-state index contributed by atoms with van der Waals surface area (Å²) in [5.74, 6) is 2.84. The number of hydrogen-bond acceptors (Lipinski definition) is 0. The van der Waals surface area contributed by atoms with Crippen LogP contribution < -0.4 is 0 Å². The van der Waals surface area contributed by atoms with Gasteiger partial charge in [-0.15, -0.1) is 0 Å². The Morgan fingerprint density at radius 3 is 1.67 bits per heavy atom. The lowest BCUT2D eigenvalue weighted by Crippen LogP contribution is -2.25. The lowest BCUT2D eigenvalue weighted by molar-refractivity contribution is 0.150.